The molecule has 7 rings (SSSR count). The number of imide groups is 1. The van der Waals surface area contributed by atoms with Crippen molar-refractivity contribution in [2.24, 2.45) is 23.7 Å². The molecule has 1 saturated heterocycles. The Morgan fingerprint density at radius 1 is 0.507 bits per heavy atom. The minimum Gasteiger partial charge on any atom is -0.353 e. The quantitative estimate of drug-likeness (QED) is 0.159. The number of pyridine rings is 1. The minimum absolute atomic E-state index is 0.0621. The van der Waals surface area contributed by atoms with E-state index in [0.717, 1.165) is 59.3 Å². The van der Waals surface area contributed by atoms with Gasteiger partial charge in [-0.1, -0.05) is 184 Å². The maximum atomic E-state index is 11.9. The first-order chi connectivity index (χ1) is 32.2. The lowest BCUT2D eigenvalue weighted by atomic mass is 10.0. The van der Waals surface area contributed by atoms with Gasteiger partial charge in [0.15, 0.2) is 0 Å². The predicted octanol–water partition coefficient (Wildman–Crippen LogP) is 15.8. The van der Waals surface area contributed by atoms with Crippen molar-refractivity contribution in [2.75, 3.05) is 18.0 Å². The van der Waals surface area contributed by atoms with Gasteiger partial charge in [-0.15, -0.1) is 0 Å². The van der Waals surface area contributed by atoms with Crippen LogP contribution in [0.2, 0.25) is 0 Å². The van der Waals surface area contributed by atoms with Gasteiger partial charge in [0, 0.05) is 42.0 Å². The molecule has 5 aromatic rings. The van der Waals surface area contributed by atoms with Crippen LogP contribution in [0.1, 0.15) is 190 Å². The SMILES string of the molecule is CC(C)C.CC(C)C.CC(C)C.CC(C)C.CC(C)N1C(=O)CN(c2ccccc2)CC1=O.CC(C)N1Cc2ccccc2C1=O.CC(C)c1ncc2ccccn12.CCc1ccc(C(C)C)cc1. The van der Waals surface area contributed by atoms with Crippen LogP contribution in [0.25, 0.3) is 5.52 Å². The van der Waals surface area contributed by atoms with Crippen molar-refractivity contribution in [2.45, 2.75) is 182 Å². The molecule has 4 heterocycles. The van der Waals surface area contributed by atoms with Gasteiger partial charge >= 0.3 is 0 Å². The van der Waals surface area contributed by atoms with E-state index in [1.165, 1.54) is 21.5 Å². The smallest absolute Gasteiger partial charge is 0.254 e. The van der Waals surface area contributed by atoms with Crippen LogP contribution in [0.4, 0.5) is 5.69 Å². The van der Waals surface area contributed by atoms with Gasteiger partial charge in [-0.25, -0.2) is 4.98 Å². The molecule has 0 spiro atoms. The normalized spacial score (nSPS) is 12.8. The van der Waals surface area contributed by atoms with Crippen molar-refractivity contribution in [1.29, 1.82) is 0 Å². The number of aromatic nitrogens is 2. The van der Waals surface area contributed by atoms with Crippen molar-refractivity contribution in [3.05, 3.63) is 138 Å². The highest BCUT2D eigenvalue weighted by atomic mass is 16.2. The molecule has 0 aliphatic carbocycles. The largest absolute Gasteiger partial charge is 0.353 e. The lowest BCUT2D eigenvalue weighted by Gasteiger charge is -2.35. The summed E-state index contributed by atoms with van der Waals surface area (Å²) in [5.41, 5.74) is 6.97. The van der Waals surface area contributed by atoms with E-state index in [-0.39, 0.29) is 36.9 Å². The van der Waals surface area contributed by atoms with Crippen LogP contribution in [-0.4, -0.2) is 62.1 Å². The summed E-state index contributed by atoms with van der Waals surface area (Å²) in [6.45, 7) is 46.1. The molecular formula is C61H97N5O3. The van der Waals surface area contributed by atoms with Crippen molar-refractivity contribution in [3.63, 3.8) is 0 Å². The lowest BCUT2D eigenvalue weighted by Crippen LogP contribution is -2.56. The standard InChI is InChI=1S/C13H16N2O2.C11H13NO.C11H16.C10H12N2.4C4H10/c1-10(2)15-12(16)8-14(9-13(15)17)11-6-4-3-5-7-11;1-8(2)12-7-9-5-3-4-6-10(9)11(12)13;1-4-10-5-7-11(8-6-10)9(2)3;1-8(2)10-11-7-9-5-3-4-6-12(9)10;4*1-4(2)3/h3-7,10H,8-9H2,1-2H3;3-6,8H,7H2,1-2H3;5-9H,4H2,1-3H3;3-8H,1-2H3;4*4H,1-3H3. The van der Waals surface area contributed by atoms with Crippen LogP contribution in [0.3, 0.4) is 0 Å². The Balaban J connectivity index is 0.000000815. The van der Waals surface area contributed by atoms with Crippen LogP contribution in [0.5, 0.6) is 0 Å². The van der Waals surface area contributed by atoms with Gasteiger partial charge in [0.1, 0.15) is 5.82 Å². The number of hydrogen-bond acceptors (Lipinski definition) is 5. The number of imidazole rings is 1. The maximum absolute atomic E-state index is 11.9. The van der Waals surface area contributed by atoms with Gasteiger partial charge in [0.05, 0.1) is 24.8 Å². The average molecular weight is 948 g/mol. The molecule has 2 aliphatic rings. The fourth-order valence-electron chi connectivity index (χ4n) is 6.30. The Kier molecular flexibility index (Phi) is 31.5. The van der Waals surface area contributed by atoms with Gasteiger partial charge in [-0.3, -0.25) is 19.3 Å². The van der Waals surface area contributed by atoms with E-state index in [1.807, 2.05) is 110 Å². The number of aryl methyl sites for hydroxylation is 1. The molecule has 69 heavy (non-hydrogen) atoms. The zero-order valence-corrected chi connectivity index (χ0v) is 47.3. The number of carbonyl (C=O) groups is 3. The van der Waals surface area contributed by atoms with Crippen molar-refractivity contribution in [3.8, 4) is 0 Å². The molecule has 2 aliphatic heterocycles. The van der Waals surface area contributed by atoms with Gasteiger partial charge in [0.2, 0.25) is 11.8 Å². The highest BCUT2D eigenvalue weighted by Crippen LogP contribution is 2.24. The highest BCUT2D eigenvalue weighted by Gasteiger charge is 2.32. The summed E-state index contributed by atoms with van der Waals surface area (Å²) >= 11 is 0. The number of benzene rings is 3. The molecular weight excluding hydrogens is 851 g/mol. The van der Waals surface area contributed by atoms with E-state index in [0.29, 0.717) is 17.9 Å². The van der Waals surface area contributed by atoms with E-state index in [2.05, 4.69) is 164 Å². The van der Waals surface area contributed by atoms with Crippen molar-refractivity contribution < 1.29 is 14.4 Å². The molecule has 3 amide bonds. The number of carbonyl (C=O) groups excluding carboxylic acids is 3. The van der Waals surface area contributed by atoms with Gasteiger partial charge < -0.3 is 14.2 Å². The molecule has 8 heteroatoms. The maximum Gasteiger partial charge on any atom is 0.254 e. The number of rotatable bonds is 6. The first-order valence-corrected chi connectivity index (χ1v) is 25.8. The second kappa shape index (κ2) is 34.1. The molecule has 0 radical (unpaired) electrons. The zero-order valence-electron chi connectivity index (χ0n) is 47.3. The lowest BCUT2D eigenvalue weighted by molar-refractivity contribution is -0.147. The Hall–Kier alpha value is -5.24. The average Bonchev–Trinajstić information content (AvgIpc) is 3.85. The number of nitrogens with zero attached hydrogens (tertiary/aromatic N) is 5. The van der Waals surface area contributed by atoms with E-state index in [9.17, 15) is 14.4 Å². The van der Waals surface area contributed by atoms with Gasteiger partial charge in [-0.05, 0) is 111 Å². The fourth-order valence-corrected chi connectivity index (χ4v) is 6.30. The monoisotopic (exact) mass is 948 g/mol. The Labute approximate surface area is 422 Å². The molecule has 0 unspecified atom stereocenters. The summed E-state index contributed by atoms with van der Waals surface area (Å²) in [5.74, 6) is 5.52. The number of anilines is 1. The van der Waals surface area contributed by atoms with Gasteiger partial charge in [0.25, 0.3) is 5.91 Å². The summed E-state index contributed by atoms with van der Waals surface area (Å²) in [7, 11) is 0. The van der Waals surface area contributed by atoms with Crippen LogP contribution in [-0.2, 0) is 22.6 Å². The third-order valence-electron chi connectivity index (χ3n) is 9.34. The number of amides is 3. The van der Waals surface area contributed by atoms with Crippen LogP contribution in [0, 0.1) is 23.7 Å². The predicted molar refractivity (Wildman–Crippen MR) is 298 cm³/mol. The highest BCUT2D eigenvalue weighted by molar-refractivity contribution is 6.03. The topological polar surface area (TPSA) is 78.2 Å². The second-order valence-electron chi connectivity index (χ2n) is 21.6. The number of piperazine rings is 1. The third-order valence-corrected chi connectivity index (χ3v) is 9.34. The first kappa shape index (κ1) is 63.8. The molecule has 0 N–H and O–H groups in total. The number of hydrogen-bond donors (Lipinski definition) is 0. The minimum atomic E-state index is -0.125. The van der Waals surface area contributed by atoms with E-state index >= 15 is 0 Å². The Morgan fingerprint density at radius 3 is 1.39 bits per heavy atom. The molecule has 8 nitrogen and oxygen atoms in total. The van der Waals surface area contributed by atoms with E-state index in [4.69, 9.17) is 0 Å². The summed E-state index contributed by atoms with van der Waals surface area (Å²) in [6, 6.07) is 32.6. The first-order valence-electron chi connectivity index (χ1n) is 25.8. The van der Waals surface area contributed by atoms with Gasteiger partial charge in [-0.2, -0.15) is 0 Å². The van der Waals surface area contributed by atoms with Crippen LogP contribution < -0.4 is 4.90 Å². The molecule has 3 aromatic carbocycles. The van der Waals surface area contributed by atoms with E-state index < -0.39 is 0 Å². The molecule has 0 bridgehead atoms. The van der Waals surface area contributed by atoms with Crippen LogP contribution >= 0.6 is 0 Å². The van der Waals surface area contributed by atoms with E-state index in [1.54, 1.807) is 0 Å². The number of para-hydroxylation sites is 1. The molecule has 1 fully saturated rings. The number of fused-ring (bicyclic) bond motifs is 2. The van der Waals surface area contributed by atoms with Crippen LogP contribution in [0.15, 0.2) is 109 Å². The van der Waals surface area contributed by atoms with Crippen molar-refractivity contribution >= 4 is 28.9 Å². The summed E-state index contributed by atoms with van der Waals surface area (Å²) in [6.07, 6.45) is 5.10. The molecule has 0 saturated carbocycles. The van der Waals surface area contributed by atoms with Crippen molar-refractivity contribution in [1.82, 2.24) is 19.2 Å². The summed E-state index contributed by atoms with van der Waals surface area (Å²) in [5, 5.41) is 0. The zero-order chi connectivity index (χ0) is 53.0. The second-order valence-corrected chi connectivity index (χ2v) is 21.6. The summed E-state index contributed by atoms with van der Waals surface area (Å²) in [4.78, 5) is 45.0. The Morgan fingerprint density at radius 2 is 0.971 bits per heavy atom. The molecule has 2 aromatic heterocycles. The Bertz CT molecular complexity index is 2080. The molecule has 0 atom stereocenters. The third kappa shape index (κ3) is 26.4. The summed E-state index contributed by atoms with van der Waals surface area (Å²) < 4.78 is 2.13. The molecule has 384 valence electrons. The fraction of sp³-hybridized carbons (Fsp3) is 0.541.